The Morgan fingerprint density at radius 2 is 2.11 bits per heavy atom. The summed E-state index contributed by atoms with van der Waals surface area (Å²) >= 11 is 0. The van der Waals surface area contributed by atoms with E-state index in [2.05, 4.69) is 17.0 Å². The Hall–Kier alpha value is -1.63. The minimum Gasteiger partial charge on any atom is -0.480 e. The molecule has 0 aliphatic carbocycles. The van der Waals surface area contributed by atoms with E-state index in [0.29, 0.717) is 19.0 Å². The van der Waals surface area contributed by atoms with Crippen LogP contribution >= 0.6 is 0 Å². The van der Waals surface area contributed by atoms with Gasteiger partial charge in [0.1, 0.15) is 13.2 Å². The standard InChI is InChI=1S/C11H18N2O5/c1-8-3-2-4-13(5-8)11(17)12-9(14)6-18-7-10(15)16/h8H,2-7H2,1H3,(H,15,16)(H,12,14,17). The molecule has 1 unspecified atom stereocenters. The largest absolute Gasteiger partial charge is 0.480 e. The first-order chi connectivity index (χ1) is 8.49. The van der Waals surface area contributed by atoms with Crippen LogP contribution in [-0.2, 0) is 14.3 Å². The van der Waals surface area contributed by atoms with Gasteiger partial charge in [-0.05, 0) is 18.8 Å². The van der Waals surface area contributed by atoms with Crippen molar-refractivity contribution in [2.45, 2.75) is 19.8 Å². The second-order valence-electron chi connectivity index (χ2n) is 4.43. The fourth-order valence-electron chi connectivity index (χ4n) is 1.84. The zero-order chi connectivity index (χ0) is 13.5. The van der Waals surface area contributed by atoms with Crippen LogP contribution < -0.4 is 5.32 Å². The molecule has 0 aromatic carbocycles. The molecule has 1 saturated heterocycles. The Kier molecular flexibility index (Phi) is 5.57. The number of amides is 3. The zero-order valence-corrected chi connectivity index (χ0v) is 10.3. The Labute approximate surface area is 105 Å². The van der Waals surface area contributed by atoms with Crippen LogP contribution in [0.15, 0.2) is 0 Å². The molecular formula is C11H18N2O5. The number of carboxylic acids is 1. The highest BCUT2D eigenvalue weighted by Crippen LogP contribution is 2.15. The van der Waals surface area contributed by atoms with Gasteiger partial charge >= 0.3 is 12.0 Å². The number of rotatable bonds is 4. The van der Waals surface area contributed by atoms with E-state index in [1.165, 1.54) is 0 Å². The number of nitrogens with one attached hydrogen (secondary N) is 1. The summed E-state index contributed by atoms with van der Waals surface area (Å²) in [5.74, 6) is -1.35. The predicted molar refractivity (Wildman–Crippen MR) is 62.0 cm³/mol. The highest BCUT2D eigenvalue weighted by molar-refractivity contribution is 5.95. The number of carbonyl (C=O) groups excluding carboxylic acids is 2. The van der Waals surface area contributed by atoms with Gasteiger partial charge in [-0.3, -0.25) is 10.1 Å². The molecule has 1 rings (SSSR count). The molecule has 1 aliphatic heterocycles. The van der Waals surface area contributed by atoms with E-state index >= 15 is 0 Å². The first-order valence-corrected chi connectivity index (χ1v) is 5.87. The second kappa shape index (κ2) is 6.95. The molecule has 1 atom stereocenters. The summed E-state index contributed by atoms with van der Waals surface area (Å²) in [6.07, 6.45) is 2.01. The van der Waals surface area contributed by atoms with Crippen molar-refractivity contribution in [2.24, 2.45) is 5.92 Å². The molecule has 0 radical (unpaired) electrons. The Morgan fingerprint density at radius 3 is 2.72 bits per heavy atom. The summed E-state index contributed by atoms with van der Waals surface area (Å²) in [5.41, 5.74) is 0. The maximum atomic E-state index is 11.7. The molecule has 1 aliphatic rings. The number of likely N-dealkylation sites (tertiary alicyclic amines) is 1. The number of imide groups is 1. The number of nitrogens with zero attached hydrogens (tertiary/aromatic N) is 1. The highest BCUT2D eigenvalue weighted by Gasteiger charge is 2.22. The van der Waals surface area contributed by atoms with E-state index < -0.39 is 31.1 Å². The third kappa shape index (κ3) is 5.13. The van der Waals surface area contributed by atoms with Gasteiger partial charge in [-0.15, -0.1) is 0 Å². The number of carboxylic acid groups (broad SMARTS) is 1. The maximum Gasteiger partial charge on any atom is 0.329 e. The van der Waals surface area contributed by atoms with E-state index in [1.54, 1.807) is 4.90 Å². The molecule has 7 nitrogen and oxygen atoms in total. The second-order valence-corrected chi connectivity index (χ2v) is 4.43. The Bertz CT molecular complexity index is 331. The van der Waals surface area contributed by atoms with Gasteiger partial charge < -0.3 is 14.7 Å². The predicted octanol–water partition coefficient (Wildman–Crippen LogP) is 0.0557. The minimum absolute atomic E-state index is 0.429. The molecule has 2 N–H and O–H groups in total. The fraction of sp³-hybridized carbons (Fsp3) is 0.727. The van der Waals surface area contributed by atoms with Crippen molar-refractivity contribution < 1.29 is 24.2 Å². The van der Waals surface area contributed by atoms with Crippen LogP contribution in [0.2, 0.25) is 0 Å². The Morgan fingerprint density at radius 1 is 1.39 bits per heavy atom. The number of piperidine rings is 1. The van der Waals surface area contributed by atoms with Crippen molar-refractivity contribution in [1.29, 1.82) is 0 Å². The minimum atomic E-state index is -1.15. The van der Waals surface area contributed by atoms with Gasteiger partial charge in [0.2, 0.25) is 0 Å². The van der Waals surface area contributed by atoms with Crippen LogP contribution in [0.4, 0.5) is 4.79 Å². The van der Waals surface area contributed by atoms with Gasteiger partial charge in [-0.2, -0.15) is 0 Å². The molecule has 102 valence electrons. The average Bonchev–Trinajstić information content (AvgIpc) is 2.28. The topological polar surface area (TPSA) is 95.9 Å². The molecule has 0 spiro atoms. The summed E-state index contributed by atoms with van der Waals surface area (Å²) < 4.78 is 4.58. The lowest BCUT2D eigenvalue weighted by Crippen LogP contribution is -2.47. The summed E-state index contributed by atoms with van der Waals surface area (Å²) in [5, 5.41) is 10.5. The third-order valence-electron chi connectivity index (χ3n) is 2.65. The molecule has 0 aromatic rings. The summed E-state index contributed by atoms with van der Waals surface area (Å²) in [4.78, 5) is 34.7. The average molecular weight is 258 g/mol. The van der Waals surface area contributed by atoms with Crippen LogP contribution in [0.1, 0.15) is 19.8 Å². The molecule has 1 heterocycles. The lowest BCUT2D eigenvalue weighted by Gasteiger charge is -2.30. The fourth-order valence-corrected chi connectivity index (χ4v) is 1.84. The quantitative estimate of drug-likeness (QED) is 0.743. The number of ether oxygens (including phenoxy) is 1. The van der Waals surface area contributed by atoms with Gasteiger partial charge in [0.15, 0.2) is 0 Å². The van der Waals surface area contributed by atoms with Gasteiger partial charge in [-0.25, -0.2) is 9.59 Å². The van der Waals surface area contributed by atoms with Gasteiger partial charge in [0, 0.05) is 13.1 Å². The molecule has 7 heteroatoms. The number of urea groups is 1. The molecule has 0 aromatic heterocycles. The zero-order valence-electron chi connectivity index (χ0n) is 10.3. The highest BCUT2D eigenvalue weighted by atomic mass is 16.5. The van der Waals surface area contributed by atoms with E-state index in [1.807, 2.05) is 0 Å². The number of carbonyl (C=O) groups is 3. The molecule has 0 saturated carbocycles. The van der Waals surface area contributed by atoms with E-state index in [-0.39, 0.29) is 0 Å². The summed E-state index contributed by atoms with van der Waals surface area (Å²) in [6.45, 7) is 2.34. The van der Waals surface area contributed by atoms with Crippen molar-refractivity contribution >= 4 is 17.9 Å². The van der Waals surface area contributed by atoms with Crippen LogP contribution in [0, 0.1) is 5.92 Å². The van der Waals surface area contributed by atoms with Crippen LogP contribution in [0.5, 0.6) is 0 Å². The Balaban J connectivity index is 2.26. The SMILES string of the molecule is CC1CCCN(C(=O)NC(=O)COCC(=O)O)C1. The van der Waals surface area contributed by atoms with Crippen molar-refractivity contribution in [3.8, 4) is 0 Å². The first kappa shape index (κ1) is 14.4. The monoisotopic (exact) mass is 258 g/mol. The van der Waals surface area contributed by atoms with E-state index in [0.717, 1.165) is 12.8 Å². The van der Waals surface area contributed by atoms with Crippen LogP contribution in [0.3, 0.4) is 0 Å². The maximum absolute atomic E-state index is 11.7. The van der Waals surface area contributed by atoms with Gasteiger partial charge in [-0.1, -0.05) is 6.92 Å². The first-order valence-electron chi connectivity index (χ1n) is 5.87. The van der Waals surface area contributed by atoms with Gasteiger partial charge in [0.05, 0.1) is 0 Å². The van der Waals surface area contributed by atoms with Crippen LogP contribution in [-0.4, -0.2) is 54.2 Å². The van der Waals surface area contributed by atoms with E-state index in [9.17, 15) is 14.4 Å². The number of hydrogen-bond donors (Lipinski definition) is 2. The van der Waals surface area contributed by atoms with Crippen molar-refractivity contribution in [2.75, 3.05) is 26.3 Å². The van der Waals surface area contributed by atoms with Crippen molar-refractivity contribution in [1.82, 2.24) is 10.2 Å². The normalized spacial score (nSPS) is 19.4. The third-order valence-corrected chi connectivity index (χ3v) is 2.65. The smallest absolute Gasteiger partial charge is 0.329 e. The molecule has 3 amide bonds. The molecular weight excluding hydrogens is 240 g/mol. The number of hydrogen-bond acceptors (Lipinski definition) is 4. The van der Waals surface area contributed by atoms with Crippen molar-refractivity contribution in [3.05, 3.63) is 0 Å². The van der Waals surface area contributed by atoms with E-state index in [4.69, 9.17) is 5.11 Å². The lowest BCUT2D eigenvalue weighted by molar-refractivity contribution is -0.143. The summed E-state index contributed by atoms with van der Waals surface area (Å²) in [7, 11) is 0. The molecule has 18 heavy (non-hydrogen) atoms. The summed E-state index contributed by atoms with van der Waals surface area (Å²) in [6, 6.07) is -0.439. The lowest BCUT2D eigenvalue weighted by atomic mass is 10.0. The van der Waals surface area contributed by atoms with Crippen molar-refractivity contribution in [3.63, 3.8) is 0 Å². The molecule has 0 bridgehead atoms. The van der Waals surface area contributed by atoms with Gasteiger partial charge in [0.25, 0.3) is 5.91 Å². The number of aliphatic carboxylic acids is 1. The molecule has 1 fully saturated rings. The van der Waals surface area contributed by atoms with Crippen LogP contribution in [0.25, 0.3) is 0 Å².